The summed E-state index contributed by atoms with van der Waals surface area (Å²) in [6.07, 6.45) is 2.44. The van der Waals surface area contributed by atoms with Crippen LogP contribution in [0.4, 0.5) is 4.39 Å². The third-order valence-corrected chi connectivity index (χ3v) is 3.53. The van der Waals surface area contributed by atoms with Crippen molar-refractivity contribution >= 4 is 0 Å². The molecule has 18 heavy (non-hydrogen) atoms. The first-order valence-corrected chi connectivity index (χ1v) is 6.62. The maximum atomic E-state index is 13.4. The number of aryl methyl sites for hydroxylation is 1. The van der Waals surface area contributed by atoms with Gasteiger partial charge < -0.3 is 10.4 Å². The van der Waals surface area contributed by atoms with E-state index in [2.05, 4.69) is 12.2 Å². The van der Waals surface area contributed by atoms with Gasteiger partial charge in [-0.05, 0) is 44.7 Å². The number of aliphatic hydroxyl groups excluding tert-OH is 1. The lowest BCUT2D eigenvalue weighted by atomic mass is 9.97. The lowest BCUT2D eigenvalue weighted by Gasteiger charge is -2.31. The summed E-state index contributed by atoms with van der Waals surface area (Å²) in [7, 11) is 0. The van der Waals surface area contributed by atoms with Gasteiger partial charge in [0.2, 0.25) is 0 Å². The first kappa shape index (κ1) is 15.1. The monoisotopic (exact) mass is 253 g/mol. The number of nitrogens with one attached hydrogen (secondary N) is 1. The molecule has 1 aromatic carbocycles. The van der Waals surface area contributed by atoms with Crippen LogP contribution in [0.3, 0.4) is 0 Å². The summed E-state index contributed by atoms with van der Waals surface area (Å²) in [5.74, 6) is -0.134. The number of benzene rings is 1. The van der Waals surface area contributed by atoms with E-state index in [1.54, 1.807) is 6.07 Å². The molecular formula is C15H24FNO. The average Bonchev–Trinajstić information content (AvgIpc) is 2.37. The van der Waals surface area contributed by atoms with Crippen LogP contribution >= 0.6 is 0 Å². The highest BCUT2D eigenvalue weighted by Crippen LogP contribution is 2.13. The van der Waals surface area contributed by atoms with Crippen molar-refractivity contribution in [1.82, 2.24) is 5.32 Å². The second-order valence-electron chi connectivity index (χ2n) is 5.25. The lowest BCUT2D eigenvalue weighted by Crippen LogP contribution is -2.49. The van der Waals surface area contributed by atoms with Gasteiger partial charge in [0.15, 0.2) is 0 Å². The van der Waals surface area contributed by atoms with Gasteiger partial charge in [-0.1, -0.05) is 25.1 Å². The van der Waals surface area contributed by atoms with Crippen LogP contribution in [0.25, 0.3) is 0 Å². The number of halogens is 1. The van der Waals surface area contributed by atoms with E-state index < -0.39 is 0 Å². The van der Waals surface area contributed by atoms with Gasteiger partial charge in [-0.2, -0.15) is 0 Å². The van der Waals surface area contributed by atoms with E-state index in [-0.39, 0.29) is 24.0 Å². The topological polar surface area (TPSA) is 32.3 Å². The number of hydrogen-bond donors (Lipinski definition) is 2. The van der Waals surface area contributed by atoms with Crippen LogP contribution in [0.15, 0.2) is 24.3 Å². The highest BCUT2D eigenvalue weighted by atomic mass is 19.1. The molecule has 0 aliphatic rings. The lowest BCUT2D eigenvalue weighted by molar-refractivity contribution is 0.157. The van der Waals surface area contributed by atoms with Crippen molar-refractivity contribution in [2.45, 2.75) is 51.6 Å². The van der Waals surface area contributed by atoms with E-state index >= 15 is 0 Å². The van der Waals surface area contributed by atoms with E-state index in [0.29, 0.717) is 6.42 Å². The molecule has 1 rings (SSSR count). The molecule has 0 radical (unpaired) electrons. The van der Waals surface area contributed by atoms with Crippen LogP contribution in [0.2, 0.25) is 0 Å². The number of rotatable bonds is 7. The van der Waals surface area contributed by atoms with Crippen molar-refractivity contribution in [2.75, 3.05) is 6.61 Å². The standard InChI is InChI=1S/C15H24FNO/c1-4-15(3,11-18)17-12(2)9-10-13-7-5-6-8-14(13)16/h5-8,12,17-18H,4,9-11H2,1-3H3. The third kappa shape index (κ3) is 4.39. The zero-order valence-electron chi connectivity index (χ0n) is 11.5. The highest BCUT2D eigenvalue weighted by molar-refractivity contribution is 5.17. The molecule has 2 N–H and O–H groups in total. The summed E-state index contributed by atoms with van der Waals surface area (Å²) in [5, 5.41) is 12.8. The minimum Gasteiger partial charge on any atom is -0.394 e. The van der Waals surface area contributed by atoms with Gasteiger partial charge >= 0.3 is 0 Å². The molecule has 0 fully saturated rings. The second-order valence-corrected chi connectivity index (χ2v) is 5.25. The number of aliphatic hydroxyl groups is 1. The van der Waals surface area contributed by atoms with Crippen molar-refractivity contribution in [3.8, 4) is 0 Å². The van der Waals surface area contributed by atoms with Crippen LogP contribution in [-0.4, -0.2) is 23.3 Å². The molecule has 0 saturated heterocycles. The summed E-state index contributed by atoms with van der Waals surface area (Å²) in [5.41, 5.74) is 0.516. The number of hydrogen-bond acceptors (Lipinski definition) is 2. The SMILES string of the molecule is CCC(C)(CO)NC(C)CCc1ccccc1F. The van der Waals surface area contributed by atoms with Crippen molar-refractivity contribution in [3.63, 3.8) is 0 Å². The van der Waals surface area contributed by atoms with Gasteiger partial charge in [0, 0.05) is 11.6 Å². The molecule has 102 valence electrons. The molecule has 1 aromatic rings. The largest absolute Gasteiger partial charge is 0.394 e. The van der Waals surface area contributed by atoms with Crippen molar-refractivity contribution in [3.05, 3.63) is 35.6 Å². The quantitative estimate of drug-likeness (QED) is 0.783. The molecule has 3 heteroatoms. The highest BCUT2D eigenvalue weighted by Gasteiger charge is 2.22. The summed E-state index contributed by atoms with van der Waals surface area (Å²) >= 11 is 0. The summed E-state index contributed by atoms with van der Waals surface area (Å²) in [6.45, 7) is 6.25. The Bertz CT molecular complexity index is 363. The molecule has 0 aromatic heterocycles. The molecule has 0 bridgehead atoms. The zero-order valence-corrected chi connectivity index (χ0v) is 11.5. The summed E-state index contributed by atoms with van der Waals surface area (Å²) in [4.78, 5) is 0. The zero-order chi connectivity index (χ0) is 13.6. The molecule has 0 aliphatic heterocycles. The smallest absolute Gasteiger partial charge is 0.126 e. The van der Waals surface area contributed by atoms with Crippen LogP contribution in [0.5, 0.6) is 0 Å². The fourth-order valence-corrected chi connectivity index (χ4v) is 2.00. The predicted octanol–water partition coefficient (Wildman–Crippen LogP) is 2.90. The normalized spacial score (nSPS) is 16.3. The first-order chi connectivity index (χ1) is 8.50. The van der Waals surface area contributed by atoms with Crippen LogP contribution < -0.4 is 5.32 Å². The molecule has 2 unspecified atom stereocenters. The van der Waals surface area contributed by atoms with Crippen LogP contribution in [0, 0.1) is 5.82 Å². The Kier molecular flexibility index (Phi) is 5.76. The van der Waals surface area contributed by atoms with Gasteiger partial charge in [-0.3, -0.25) is 0 Å². The molecular weight excluding hydrogens is 229 g/mol. The van der Waals surface area contributed by atoms with Crippen molar-refractivity contribution < 1.29 is 9.50 Å². The van der Waals surface area contributed by atoms with E-state index in [9.17, 15) is 9.50 Å². The Hall–Kier alpha value is -0.930. The van der Waals surface area contributed by atoms with E-state index in [4.69, 9.17) is 0 Å². The molecule has 2 atom stereocenters. The molecule has 0 amide bonds. The molecule has 0 aliphatic carbocycles. The van der Waals surface area contributed by atoms with Gasteiger partial charge in [0.1, 0.15) is 5.82 Å². The van der Waals surface area contributed by atoms with Crippen LogP contribution in [0.1, 0.15) is 39.2 Å². The summed E-state index contributed by atoms with van der Waals surface area (Å²) < 4.78 is 13.4. The predicted molar refractivity (Wildman–Crippen MR) is 73.1 cm³/mol. The van der Waals surface area contributed by atoms with Gasteiger partial charge in [0.25, 0.3) is 0 Å². The fourth-order valence-electron chi connectivity index (χ4n) is 2.00. The second kappa shape index (κ2) is 6.86. The van der Waals surface area contributed by atoms with Crippen molar-refractivity contribution in [2.24, 2.45) is 0 Å². The Balaban J connectivity index is 2.47. The maximum absolute atomic E-state index is 13.4. The Morgan fingerprint density at radius 1 is 1.39 bits per heavy atom. The first-order valence-electron chi connectivity index (χ1n) is 6.62. The maximum Gasteiger partial charge on any atom is 0.126 e. The third-order valence-electron chi connectivity index (χ3n) is 3.53. The summed E-state index contributed by atoms with van der Waals surface area (Å²) in [6, 6.07) is 7.15. The minimum absolute atomic E-state index is 0.119. The Labute approximate surface area is 109 Å². The van der Waals surface area contributed by atoms with Gasteiger partial charge in [0.05, 0.1) is 6.61 Å². The molecule has 0 heterocycles. The molecule has 0 saturated carbocycles. The van der Waals surface area contributed by atoms with E-state index in [0.717, 1.165) is 18.4 Å². The Morgan fingerprint density at radius 2 is 2.06 bits per heavy atom. The fraction of sp³-hybridized carbons (Fsp3) is 0.600. The van der Waals surface area contributed by atoms with E-state index in [1.165, 1.54) is 6.07 Å². The van der Waals surface area contributed by atoms with Gasteiger partial charge in [-0.15, -0.1) is 0 Å². The van der Waals surface area contributed by atoms with Crippen molar-refractivity contribution in [1.29, 1.82) is 0 Å². The van der Waals surface area contributed by atoms with Gasteiger partial charge in [-0.25, -0.2) is 4.39 Å². The minimum atomic E-state index is -0.241. The molecule has 2 nitrogen and oxygen atoms in total. The Morgan fingerprint density at radius 3 is 2.61 bits per heavy atom. The average molecular weight is 253 g/mol. The van der Waals surface area contributed by atoms with E-state index in [1.807, 2.05) is 26.0 Å². The van der Waals surface area contributed by atoms with Crippen LogP contribution in [-0.2, 0) is 6.42 Å². The molecule has 0 spiro atoms.